The largest absolute Gasteiger partial charge is 0.345 e. The minimum absolute atomic E-state index is 0. The number of thiazole rings is 1. The van der Waals surface area contributed by atoms with Crippen LogP contribution in [0.4, 0.5) is 10.1 Å². The Morgan fingerprint density at radius 3 is 2.88 bits per heavy atom. The van der Waals surface area contributed by atoms with Crippen molar-refractivity contribution in [3.05, 3.63) is 16.3 Å². The second-order valence-electron chi connectivity index (χ2n) is 2.70. The van der Waals surface area contributed by atoms with E-state index in [9.17, 15) is 14.9 Å². The average molecular weight is 267 g/mol. The fourth-order valence-corrected chi connectivity index (χ4v) is 1.50. The number of aromatic nitrogens is 1. The molecular weight excluding hydrogens is 256 g/mol. The highest BCUT2D eigenvalue weighted by molar-refractivity contribution is 7.18. The first kappa shape index (κ1) is 14.8. The Hall–Kier alpha value is -1.25. The second kappa shape index (κ2) is 7.09. The first-order valence-electron chi connectivity index (χ1n) is 4.23. The Kier molecular flexibility index (Phi) is 6.54. The summed E-state index contributed by atoms with van der Waals surface area (Å²) >= 11 is 0.829. The Morgan fingerprint density at radius 2 is 2.38 bits per heavy atom. The summed E-state index contributed by atoms with van der Waals surface area (Å²) < 4.78 is 0. The van der Waals surface area contributed by atoms with Crippen LogP contribution in [0.3, 0.4) is 0 Å². The molecule has 0 aromatic carbocycles. The van der Waals surface area contributed by atoms with Crippen LogP contribution in [0.15, 0.2) is 6.20 Å². The predicted molar refractivity (Wildman–Crippen MR) is 62.9 cm³/mol. The lowest BCUT2D eigenvalue weighted by Crippen LogP contribution is -2.13. The zero-order valence-corrected chi connectivity index (χ0v) is 9.84. The quantitative estimate of drug-likeness (QED) is 0.613. The molecule has 0 aliphatic carbocycles. The third-order valence-electron chi connectivity index (χ3n) is 1.53. The maximum absolute atomic E-state index is 11.2. The predicted octanol–water partition coefficient (Wildman–Crippen LogP) is 1.15. The lowest BCUT2D eigenvalue weighted by Gasteiger charge is -1.98. The number of nitro groups is 1. The van der Waals surface area contributed by atoms with Crippen molar-refractivity contribution >= 4 is 39.8 Å². The maximum atomic E-state index is 11.2. The number of carbonyl (C=O) groups is 1. The third kappa shape index (κ3) is 4.51. The van der Waals surface area contributed by atoms with Crippen LogP contribution in [-0.4, -0.2) is 22.4 Å². The van der Waals surface area contributed by atoms with Gasteiger partial charge in [0.1, 0.15) is 6.20 Å². The Balaban J connectivity index is 0.00000225. The first-order valence-corrected chi connectivity index (χ1v) is 5.05. The molecule has 0 atom stereocenters. The molecule has 16 heavy (non-hydrogen) atoms. The van der Waals surface area contributed by atoms with Crippen LogP contribution in [0.25, 0.3) is 0 Å². The molecule has 1 heterocycles. The minimum atomic E-state index is -0.548. The topological polar surface area (TPSA) is 111 Å². The first-order chi connectivity index (χ1) is 7.13. The van der Waals surface area contributed by atoms with Crippen LogP contribution < -0.4 is 11.1 Å². The number of anilines is 1. The van der Waals surface area contributed by atoms with Gasteiger partial charge in [-0.15, -0.1) is 12.4 Å². The van der Waals surface area contributed by atoms with Crippen molar-refractivity contribution in [3.8, 4) is 0 Å². The summed E-state index contributed by atoms with van der Waals surface area (Å²) in [5, 5.41) is 12.9. The molecule has 0 saturated carbocycles. The standard InChI is InChI=1S/C7H10N4O3S.ClH/c8-3-1-2-5(12)10-7-9-4-6(15-7)11(13)14;/h4H,1-3,8H2,(H,9,10,12);1H. The molecule has 1 rings (SSSR count). The summed E-state index contributed by atoms with van der Waals surface area (Å²) in [7, 11) is 0. The molecule has 0 unspecified atom stereocenters. The molecule has 3 N–H and O–H groups in total. The molecule has 0 radical (unpaired) electrons. The van der Waals surface area contributed by atoms with Crippen LogP contribution in [0.2, 0.25) is 0 Å². The molecule has 90 valence electrons. The van der Waals surface area contributed by atoms with Crippen molar-refractivity contribution < 1.29 is 9.72 Å². The summed E-state index contributed by atoms with van der Waals surface area (Å²) in [5.74, 6) is -0.232. The van der Waals surface area contributed by atoms with E-state index in [1.165, 1.54) is 0 Å². The van der Waals surface area contributed by atoms with Crippen molar-refractivity contribution in [1.82, 2.24) is 4.98 Å². The van der Waals surface area contributed by atoms with E-state index in [0.29, 0.717) is 19.4 Å². The van der Waals surface area contributed by atoms with Crippen molar-refractivity contribution in [2.24, 2.45) is 5.73 Å². The van der Waals surface area contributed by atoms with Gasteiger partial charge in [0.15, 0.2) is 5.13 Å². The van der Waals surface area contributed by atoms with Crippen LogP contribution in [0.1, 0.15) is 12.8 Å². The smallest absolute Gasteiger partial charge is 0.330 e. The van der Waals surface area contributed by atoms with Gasteiger partial charge in [-0.2, -0.15) is 0 Å². The fraction of sp³-hybridized carbons (Fsp3) is 0.429. The highest BCUT2D eigenvalue weighted by Gasteiger charge is 2.12. The molecule has 0 fully saturated rings. The second-order valence-corrected chi connectivity index (χ2v) is 3.71. The molecule has 0 aliphatic heterocycles. The van der Waals surface area contributed by atoms with Gasteiger partial charge in [-0.1, -0.05) is 0 Å². The number of carbonyl (C=O) groups excluding carboxylic acids is 1. The van der Waals surface area contributed by atoms with Gasteiger partial charge >= 0.3 is 5.00 Å². The summed E-state index contributed by atoms with van der Waals surface area (Å²) in [5.41, 5.74) is 5.23. The molecule has 1 aromatic rings. The number of hydrogen-bond acceptors (Lipinski definition) is 6. The van der Waals surface area contributed by atoms with Crippen molar-refractivity contribution in [2.45, 2.75) is 12.8 Å². The fourth-order valence-electron chi connectivity index (χ4n) is 0.852. The number of amides is 1. The highest BCUT2D eigenvalue weighted by atomic mass is 35.5. The van der Waals surface area contributed by atoms with Gasteiger partial charge in [0.25, 0.3) is 0 Å². The van der Waals surface area contributed by atoms with E-state index in [1.54, 1.807) is 0 Å². The molecule has 0 bridgehead atoms. The van der Waals surface area contributed by atoms with Gasteiger partial charge in [0.2, 0.25) is 5.91 Å². The minimum Gasteiger partial charge on any atom is -0.330 e. The van der Waals surface area contributed by atoms with E-state index in [-0.39, 0.29) is 28.4 Å². The van der Waals surface area contributed by atoms with E-state index in [0.717, 1.165) is 17.5 Å². The summed E-state index contributed by atoms with van der Waals surface area (Å²) in [6, 6.07) is 0. The van der Waals surface area contributed by atoms with E-state index < -0.39 is 4.92 Å². The molecule has 0 spiro atoms. The lowest BCUT2D eigenvalue weighted by molar-refractivity contribution is -0.380. The molecule has 0 aliphatic rings. The van der Waals surface area contributed by atoms with Gasteiger partial charge in [-0.25, -0.2) is 4.98 Å². The van der Waals surface area contributed by atoms with Crippen molar-refractivity contribution in [3.63, 3.8) is 0 Å². The molecule has 1 aromatic heterocycles. The highest BCUT2D eigenvalue weighted by Crippen LogP contribution is 2.24. The van der Waals surface area contributed by atoms with E-state index >= 15 is 0 Å². The molecular formula is C7H11ClN4O3S. The zero-order chi connectivity index (χ0) is 11.3. The van der Waals surface area contributed by atoms with E-state index in [4.69, 9.17) is 5.73 Å². The number of nitrogens with two attached hydrogens (primary N) is 1. The molecule has 0 saturated heterocycles. The monoisotopic (exact) mass is 266 g/mol. The maximum Gasteiger partial charge on any atom is 0.345 e. The molecule has 7 nitrogen and oxygen atoms in total. The van der Waals surface area contributed by atoms with E-state index in [2.05, 4.69) is 10.3 Å². The molecule has 1 amide bonds. The summed E-state index contributed by atoms with van der Waals surface area (Å²) in [6.07, 6.45) is 1.99. The zero-order valence-electron chi connectivity index (χ0n) is 8.21. The van der Waals surface area contributed by atoms with Crippen LogP contribution in [0, 0.1) is 10.1 Å². The number of hydrogen-bond donors (Lipinski definition) is 2. The van der Waals surface area contributed by atoms with Gasteiger partial charge in [-0.05, 0) is 24.3 Å². The van der Waals surface area contributed by atoms with Crippen molar-refractivity contribution in [2.75, 3.05) is 11.9 Å². The number of nitrogens with one attached hydrogen (secondary N) is 1. The lowest BCUT2D eigenvalue weighted by atomic mass is 10.3. The summed E-state index contributed by atoms with van der Waals surface area (Å²) in [4.78, 5) is 24.7. The Bertz CT molecular complexity index is 370. The molecule has 9 heteroatoms. The van der Waals surface area contributed by atoms with Crippen LogP contribution >= 0.6 is 23.7 Å². The number of nitrogens with zero attached hydrogens (tertiary/aromatic N) is 2. The van der Waals surface area contributed by atoms with Gasteiger partial charge in [0.05, 0.1) is 4.92 Å². The Labute approximate surface area is 102 Å². The van der Waals surface area contributed by atoms with E-state index in [1.807, 2.05) is 0 Å². The van der Waals surface area contributed by atoms with Gasteiger partial charge < -0.3 is 11.1 Å². The number of rotatable bonds is 5. The third-order valence-corrected chi connectivity index (χ3v) is 2.39. The van der Waals surface area contributed by atoms with Gasteiger partial charge in [0, 0.05) is 6.42 Å². The number of halogens is 1. The van der Waals surface area contributed by atoms with Crippen LogP contribution in [-0.2, 0) is 4.79 Å². The normalized spacial score (nSPS) is 9.31. The Morgan fingerprint density at radius 1 is 1.69 bits per heavy atom. The van der Waals surface area contributed by atoms with Gasteiger partial charge in [-0.3, -0.25) is 14.9 Å². The average Bonchev–Trinajstić information content (AvgIpc) is 2.63. The van der Waals surface area contributed by atoms with Crippen LogP contribution in [0.5, 0.6) is 0 Å². The van der Waals surface area contributed by atoms with Crippen molar-refractivity contribution in [1.29, 1.82) is 0 Å². The SMILES string of the molecule is Cl.NCCCC(=O)Nc1ncc([N+](=O)[O-])s1. The summed E-state index contributed by atoms with van der Waals surface area (Å²) in [6.45, 7) is 0.436.